The van der Waals surface area contributed by atoms with Crippen LogP contribution < -0.4 is 10.6 Å². The maximum Gasteiger partial charge on any atom is 0.241 e. The molecule has 1 aromatic heterocycles. The van der Waals surface area contributed by atoms with Crippen molar-refractivity contribution in [2.75, 3.05) is 18.1 Å². The summed E-state index contributed by atoms with van der Waals surface area (Å²) in [7, 11) is -3.30. The van der Waals surface area contributed by atoms with E-state index in [2.05, 4.69) is 15.6 Å². The van der Waals surface area contributed by atoms with Gasteiger partial charge in [-0.25, -0.2) is 13.4 Å². The molecule has 1 aliphatic heterocycles. The van der Waals surface area contributed by atoms with Gasteiger partial charge in [-0.1, -0.05) is 6.42 Å². The zero-order chi connectivity index (χ0) is 13.9. The summed E-state index contributed by atoms with van der Waals surface area (Å²) in [6, 6.07) is 2.76. The largest absolute Gasteiger partial charge is 0.323 e. The van der Waals surface area contributed by atoms with Crippen LogP contribution in [0.1, 0.15) is 19.3 Å². The van der Waals surface area contributed by atoms with Crippen molar-refractivity contribution in [2.45, 2.75) is 30.3 Å². The Balaban J connectivity index is 2.01. The second-order valence-electron chi connectivity index (χ2n) is 4.65. The van der Waals surface area contributed by atoms with Gasteiger partial charge in [-0.3, -0.25) is 4.79 Å². The quantitative estimate of drug-likeness (QED) is 0.846. The normalized spacial score (nSPS) is 19.9. The molecule has 1 amide bonds. The Hall–Kier alpha value is -1.47. The molecule has 0 saturated carbocycles. The number of carbonyl (C=O) groups is 1. The van der Waals surface area contributed by atoms with Crippen molar-refractivity contribution in [2.24, 2.45) is 0 Å². The van der Waals surface area contributed by atoms with E-state index in [9.17, 15) is 13.2 Å². The molecule has 1 atom stereocenters. The van der Waals surface area contributed by atoms with E-state index >= 15 is 0 Å². The lowest BCUT2D eigenvalue weighted by atomic mass is 10.0. The van der Waals surface area contributed by atoms with Crippen LogP contribution >= 0.6 is 0 Å². The number of hydrogen-bond acceptors (Lipinski definition) is 5. The number of carbonyl (C=O) groups excluding carboxylic acids is 1. The summed E-state index contributed by atoms with van der Waals surface area (Å²) in [5.41, 5.74) is 0.504. The van der Waals surface area contributed by atoms with Crippen LogP contribution in [0.25, 0.3) is 0 Å². The Labute approximate surface area is 112 Å². The van der Waals surface area contributed by atoms with E-state index in [1.807, 2.05) is 0 Å². The summed E-state index contributed by atoms with van der Waals surface area (Å²) >= 11 is 0. The van der Waals surface area contributed by atoms with Crippen molar-refractivity contribution < 1.29 is 13.2 Å². The lowest BCUT2D eigenvalue weighted by Crippen LogP contribution is -2.43. The van der Waals surface area contributed by atoms with Crippen LogP contribution in [0.2, 0.25) is 0 Å². The Morgan fingerprint density at radius 1 is 1.42 bits per heavy atom. The zero-order valence-corrected chi connectivity index (χ0v) is 11.5. The summed E-state index contributed by atoms with van der Waals surface area (Å²) in [5, 5.41) is 5.88. The van der Waals surface area contributed by atoms with Crippen LogP contribution in [0.4, 0.5) is 5.69 Å². The minimum absolute atomic E-state index is 0.00119. The van der Waals surface area contributed by atoms with Crippen LogP contribution in [0.15, 0.2) is 23.4 Å². The minimum atomic E-state index is -3.30. The summed E-state index contributed by atoms with van der Waals surface area (Å²) in [5.74, 6) is -0.103. The summed E-state index contributed by atoms with van der Waals surface area (Å²) < 4.78 is 22.5. The standard InChI is InChI=1S/C12H17N3O3S/c1-19(17,18)11-6-5-9(8-14-11)15-12(16)10-4-2-3-7-13-10/h5-6,8,10,13H,2-4,7H2,1H3,(H,15,16). The van der Waals surface area contributed by atoms with Crippen LogP contribution in [0.3, 0.4) is 0 Å². The van der Waals surface area contributed by atoms with Gasteiger partial charge in [0.25, 0.3) is 0 Å². The molecular formula is C12H17N3O3S. The average Bonchev–Trinajstić information content (AvgIpc) is 2.39. The predicted molar refractivity (Wildman–Crippen MR) is 71.6 cm³/mol. The van der Waals surface area contributed by atoms with Crippen molar-refractivity contribution in [3.8, 4) is 0 Å². The number of hydrogen-bond donors (Lipinski definition) is 2. The van der Waals surface area contributed by atoms with Gasteiger partial charge in [0, 0.05) is 6.26 Å². The molecule has 6 nitrogen and oxygen atoms in total. The second-order valence-corrected chi connectivity index (χ2v) is 6.61. The number of rotatable bonds is 3. The van der Waals surface area contributed by atoms with Crippen molar-refractivity contribution in [1.29, 1.82) is 0 Å². The number of nitrogens with one attached hydrogen (secondary N) is 2. The number of aromatic nitrogens is 1. The maximum atomic E-state index is 11.9. The van der Waals surface area contributed by atoms with Crippen molar-refractivity contribution in [1.82, 2.24) is 10.3 Å². The molecule has 104 valence electrons. The topological polar surface area (TPSA) is 88.2 Å². The van der Waals surface area contributed by atoms with Gasteiger partial charge in [-0.15, -0.1) is 0 Å². The van der Waals surface area contributed by atoms with Gasteiger partial charge >= 0.3 is 0 Å². The molecule has 19 heavy (non-hydrogen) atoms. The Morgan fingerprint density at radius 2 is 2.21 bits per heavy atom. The number of amides is 1. The van der Waals surface area contributed by atoms with Gasteiger partial charge in [0.2, 0.25) is 5.91 Å². The van der Waals surface area contributed by atoms with Crippen LogP contribution in [-0.2, 0) is 14.6 Å². The fourth-order valence-corrected chi connectivity index (χ4v) is 2.54. The molecule has 1 aliphatic rings. The van der Waals surface area contributed by atoms with E-state index in [4.69, 9.17) is 0 Å². The highest BCUT2D eigenvalue weighted by Gasteiger charge is 2.20. The third-order valence-electron chi connectivity index (χ3n) is 3.01. The van der Waals surface area contributed by atoms with E-state index in [1.165, 1.54) is 12.3 Å². The molecule has 0 spiro atoms. The number of nitrogens with zero attached hydrogens (tertiary/aromatic N) is 1. The monoisotopic (exact) mass is 283 g/mol. The first-order valence-corrected chi connectivity index (χ1v) is 8.06. The molecule has 7 heteroatoms. The highest BCUT2D eigenvalue weighted by Crippen LogP contribution is 2.13. The minimum Gasteiger partial charge on any atom is -0.323 e. The maximum absolute atomic E-state index is 11.9. The zero-order valence-electron chi connectivity index (χ0n) is 10.7. The lowest BCUT2D eigenvalue weighted by Gasteiger charge is -2.22. The Morgan fingerprint density at radius 3 is 2.74 bits per heavy atom. The van der Waals surface area contributed by atoms with Crippen LogP contribution in [-0.4, -0.2) is 38.2 Å². The molecule has 1 saturated heterocycles. The molecule has 0 aromatic carbocycles. The Bertz CT molecular complexity index is 548. The van der Waals surface area contributed by atoms with Gasteiger partial charge in [0.05, 0.1) is 17.9 Å². The summed E-state index contributed by atoms with van der Waals surface area (Å²) in [4.78, 5) is 15.8. The van der Waals surface area contributed by atoms with Crippen molar-refractivity contribution in [3.63, 3.8) is 0 Å². The van der Waals surface area contributed by atoms with E-state index in [1.54, 1.807) is 6.07 Å². The number of sulfone groups is 1. The van der Waals surface area contributed by atoms with Gasteiger partial charge in [-0.05, 0) is 31.5 Å². The Kier molecular flexibility index (Phi) is 4.16. The van der Waals surface area contributed by atoms with Crippen LogP contribution in [0.5, 0.6) is 0 Å². The van der Waals surface area contributed by atoms with E-state index in [-0.39, 0.29) is 17.0 Å². The van der Waals surface area contributed by atoms with Gasteiger partial charge in [-0.2, -0.15) is 0 Å². The lowest BCUT2D eigenvalue weighted by molar-refractivity contribution is -0.118. The molecule has 1 unspecified atom stereocenters. The summed E-state index contributed by atoms with van der Waals surface area (Å²) in [6.07, 6.45) is 5.40. The van der Waals surface area contributed by atoms with Crippen molar-refractivity contribution in [3.05, 3.63) is 18.3 Å². The van der Waals surface area contributed by atoms with Gasteiger partial charge < -0.3 is 10.6 Å². The molecule has 2 rings (SSSR count). The fourth-order valence-electron chi connectivity index (χ4n) is 1.98. The molecule has 1 fully saturated rings. The molecular weight excluding hydrogens is 266 g/mol. The predicted octanol–water partition coefficient (Wildman–Crippen LogP) is 0.566. The van der Waals surface area contributed by atoms with E-state index in [0.29, 0.717) is 5.69 Å². The van der Waals surface area contributed by atoms with E-state index < -0.39 is 9.84 Å². The van der Waals surface area contributed by atoms with Gasteiger partial charge in [0.1, 0.15) is 0 Å². The number of anilines is 1. The fraction of sp³-hybridized carbons (Fsp3) is 0.500. The smallest absolute Gasteiger partial charge is 0.241 e. The first kappa shape index (κ1) is 14.0. The third kappa shape index (κ3) is 3.74. The molecule has 2 N–H and O–H groups in total. The van der Waals surface area contributed by atoms with Gasteiger partial charge in [0.15, 0.2) is 14.9 Å². The molecule has 0 radical (unpaired) electrons. The first-order valence-electron chi connectivity index (χ1n) is 6.17. The average molecular weight is 283 g/mol. The van der Waals surface area contributed by atoms with Crippen LogP contribution in [0, 0.1) is 0 Å². The highest BCUT2D eigenvalue weighted by molar-refractivity contribution is 7.90. The number of pyridine rings is 1. The summed E-state index contributed by atoms with van der Waals surface area (Å²) in [6.45, 7) is 0.851. The highest BCUT2D eigenvalue weighted by atomic mass is 32.2. The SMILES string of the molecule is CS(=O)(=O)c1ccc(NC(=O)C2CCCCN2)cn1. The molecule has 0 bridgehead atoms. The second kappa shape index (κ2) is 5.66. The third-order valence-corrected chi connectivity index (χ3v) is 4.01. The van der Waals surface area contributed by atoms with E-state index in [0.717, 1.165) is 32.1 Å². The molecule has 1 aromatic rings. The number of piperidine rings is 1. The van der Waals surface area contributed by atoms with Crippen molar-refractivity contribution >= 4 is 21.4 Å². The first-order chi connectivity index (χ1) is 8.97. The molecule has 2 heterocycles. The molecule has 0 aliphatic carbocycles.